The van der Waals surface area contributed by atoms with Gasteiger partial charge in [-0.2, -0.15) is 5.10 Å². The first-order chi connectivity index (χ1) is 13.2. The van der Waals surface area contributed by atoms with Crippen molar-refractivity contribution in [2.45, 2.75) is 17.2 Å². The molecule has 0 radical (unpaired) electrons. The molecule has 2 aromatic heterocycles. The Kier molecular flexibility index (Phi) is 6.59. The maximum absolute atomic E-state index is 12.0. The molecule has 1 amide bonds. The number of hydrogen-bond acceptors (Lipinski definition) is 6. The van der Waals surface area contributed by atoms with E-state index in [2.05, 4.69) is 20.5 Å². The van der Waals surface area contributed by atoms with Crippen molar-refractivity contribution in [1.29, 1.82) is 0 Å². The lowest BCUT2D eigenvalue weighted by atomic mass is 10.2. The van der Waals surface area contributed by atoms with E-state index >= 15 is 0 Å². The van der Waals surface area contributed by atoms with Gasteiger partial charge in [0.1, 0.15) is 0 Å². The summed E-state index contributed by atoms with van der Waals surface area (Å²) in [6.07, 6.45) is 3.36. The predicted octanol–water partition coefficient (Wildman–Crippen LogP) is 2.82. The van der Waals surface area contributed by atoms with Crippen LogP contribution in [0.4, 0.5) is 5.69 Å². The van der Waals surface area contributed by atoms with Gasteiger partial charge in [0, 0.05) is 29.5 Å². The monoisotopic (exact) mass is 382 g/mol. The van der Waals surface area contributed by atoms with Crippen molar-refractivity contribution in [3.05, 3.63) is 72.2 Å². The highest BCUT2D eigenvalue weighted by atomic mass is 32.2. The number of nitrogens with one attached hydrogen (secondary N) is 2. The van der Waals surface area contributed by atoms with Crippen LogP contribution in [0.25, 0.3) is 0 Å². The number of aromatic amines is 1. The average molecular weight is 382 g/mol. The van der Waals surface area contributed by atoms with E-state index < -0.39 is 5.97 Å². The van der Waals surface area contributed by atoms with Gasteiger partial charge in [-0.05, 0) is 35.9 Å². The molecule has 3 aromatic rings. The number of hydrogen-bond donors (Lipinski definition) is 2. The number of nitrogens with zero attached hydrogens (tertiary/aromatic N) is 2. The minimum atomic E-state index is -0.491. The van der Waals surface area contributed by atoms with Crippen molar-refractivity contribution in [2.75, 3.05) is 11.9 Å². The van der Waals surface area contributed by atoms with E-state index in [0.717, 1.165) is 16.3 Å². The van der Waals surface area contributed by atoms with Crippen LogP contribution < -0.4 is 5.32 Å². The molecule has 8 heteroatoms. The van der Waals surface area contributed by atoms with Crippen LogP contribution in [0.2, 0.25) is 0 Å². The van der Waals surface area contributed by atoms with Gasteiger partial charge in [-0.15, -0.1) is 11.8 Å². The number of thioether (sulfide) groups is 1. The number of aromatic nitrogens is 3. The fraction of sp³-hybridized carbons (Fsp3) is 0.158. The van der Waals surface area contributed by atoms with Gasteiger partial charge in [0.05, 0.1) is 11.4 Å². The normalized spacial score (nSPS) is 10.4. The van der Waals surface area contributed by atoms with E-state index in [1.54, 1.807) is 36.3 Å². The summed E-state index contributed by atoms with van der Waals surface area (Å²) in [5.74, 6) is -0.141. The van der Waals surface area contributed by atoms with E-state index in [1.165, 1.54) is 0 Å². The largest absolute Gasteiger partial charge is 0.455 e. The summed E-state index contributed by atoms with van der Waals surface area (Å²) < 4.78 is 4.97. The second kappa shape index (κ2) is 9.54. The van der Waals surface area contributed by atoms with Crippen LogP contribution in [0.15, 0.2) is 66.0 Å². The van der Waals surface area contributed by atoms with Crippen LogP contribution in [0.5, 0.6) is 0 Å². The lowest BCUT2D eigenvalue weighted by molar-refractivity contribution is -0.146. The molecule has 0 aliphatic carbocycles. The van der Waals surface area contributed by atoms with Gasteiger partial charge in [0.15, 0.2) is 6.61 Å². The van der Waals surface area contributed by atoms with E-state index in [1.807, 2.05) is 36.4 Å². The first-order valence-corrected chi connectivity index (χ1v) is 9.24. The van der Waals surface area contributed by atoms with Gasteiger partial charge in [-0.25, -0.2) is 4.98 Å². The molecule has 0 unspecified atom stereocenters. The first-order valence-electron chi connectivity index (χ1n) is 8.25. The summed E-state index contributed by atoms with van der Waals surface area (Å²) in [5.41, 5.74) is 2.35. The number of benzene rings is 1. The lowest BCUT2D eigenvalue weighted by Crippen LogP contribution is -2.21. The van der Waals surface area contributed by atoms with Crippen molar-refractivity contribution in [2.24, 2.45) is 0 Å². The number of pyridine rings is 1. The molecule has 0 saturated heterocycles. The molecule has 0 aliphatic rings. The molecule has 2 N–H and O–H groups in total. The van der Waals surface area contributed by atoms with Crippen molar-refractivity contribution < 1.29 is 14.3 Å². The maximum atomic E-state index is 12.0. The molecule has 1 aromatic carbocycles. The van der Waals surface area contributed by atoms with Gasteiger partial charge < -0.3 is 10.1 Å². The van der Waals surface area contributed by atoms with Crippen molar-refractivity contribution >= 4 is 29.3 Å². The smallest absolute Gasteiger partial charge is 0.312 e. The zero-order valence-corrected chi connectivity index (χ0v) is 15.2. The van der Waals surface area contributed by atoms with E-state index in [9.17, 15) is 9.59 Å². The van der Waals surface area contributed by atoms with Crippen LogP contribution in [-0.4, -0.2) is 33.7 Å². The summed E-state index contributed by atoms with van der Waals surface area (Å²) in [6, 6.07) is 15.0. The number of carbonyl (C=O) groups is 2. The Hall–Kier alpha value is -3.13. The Morgan fingerprint density at radius 1 is 1.11 bits per heavy atom. The highest BCUT2D eigenvalue weighted by Gasteiger charge is 2.10. The molecular weight excluding hydrogens is 364 g/mol. The van der Waals surface area contributed by atoms with Crippen LogP contribution in [0, 0.1) is 0 Å². The van der Waals surface area contributed by atoms with Crippen LogP contribution in [0.1, 0.15) is 11.3 Å². The third-order valence-corrected chi connectivity index (χ3v) is 4.51. The molecule has 0 atom stereocenters. The fourth-order valence-electron chi connectivity index (χ4n) is 2.26. The van der Waals surface area contributed by atoms with E-state index in [-0.39, 0.29) is 18.9 Å². The zero-order valence-electron chi connectivity index (χ0n) is 14.4. The average Bonchev–Trinajstić information content (AvgIpc) is 3.19. The van der Waals surface area contributed by atoms with Gasteiger partial charge in [0.25, 0.3) is 5.91 Å². The summed E-state index contributed by atoms with van der Waals surface area (Å²) in [4.78, 5) is 27.9. The molecule has 7 nitrogen and oxygen atoms in total. The predicted molar refractivity (Wildman–Crippen MR) is 102 cm³/mol. The summed E-state index contributed by atoms with van der Waals surface area (Å²) in [7, 11) is 0. The van der Waals surface area contributed by atoms with Crippen LogP contribution in [-0.2, 0) is 26.5 Å². The Balaban J connectivity index is 1.45. The van der Waals surface area contributed by atoms with Crippen molar-refractivity contribution in [3.8, 4) is 0 Å². The summed E-state index contributed by atoms with van der Waals surface area (Å²) in [6.45, 7) is -0.333. The number of H-pyrrole nitrogens is 1. The lowest BCUT2D eigenvalue weighted by Gasteiger charge is -2.08. The number of amides is 1. The Morgan fingerprint density at radius 3 is 2.81 bits per heavy atom. The van der Waals surface area contributed by atoms with Crippen molar-refractivity contribution in [1.82, 2.24) is 15.2 Å². The van der Waals surface area contributed by atoms with Gasteiger partial charge in [0.2, 0.25) is 0 Å². The third kappa shape index (κ3) is 6.27. The third-order valence-electron chi connectivity index (χ3n) is 3.49. The molecule has 0 fully saturated rings. The fourth-order valence-corrected chi connectivity index (χ4v) is 3.07. The zero-order chi connectivity index (χ0) is 18.9. The van der Waals surface area contributed by atoms with E-state index in [4.69, 9.17) is 4.74 Å². The first kappa shape index (κ1) is 18.7. The Labute approximate surface area is 160 Å². The Bertz CT molecular complexity index is 885. The van der Waals surface area contributed by atoms with Gasteiger partial charge >= 0.3 is 5.97 Å². The minimum Gasteiger partial charge on any atom is -0.455 e. The second-order valence-electron chi connectivity index (χ2n) is 5.62. The van der Waals surface area contributed by atoms with Crippen molar-refractivity contribution in [3.63, 3.8) is 0 Å². The molecule has 138 valence electrons. The summed E-state index contributed by atoms with van der Waals surface area (Å²) in [5, 5.41) is 10.1. The highest BCUT2D eigenvalue weighted by Crippen LogP contribution is 2.22. The molecular formula is C19H18N4O3S. The topological polar surface area (TPSA) is 97.0 Å². The SMILES string of the molecule is O=C(COC(=O)Cc1ccn[nH]1)Nc1cccc(CSc2ccccn2)c1. The number of esters is 1. The van der Waals surface area contributed by atoms with E-state index in [0.29, 0.717) is 11.4 Å². The number of ether oxygens (including phenoxy) is 1. The number of rotatable bonds is 8. The maximum Gasteiger partial charge on any atom is 0.312 e. The molecule has 0 bridgehead atoms. The molecule has 0 spiro atoms. The molecule has 3 rings (SSSR count). The Morgan fingerprint density at radius 2 is 2.04 bits per heavy atom. The molecule has 2 heterocycles. The second-order valence-corrected chi connectivity index (χ2v) is 6.62. The van der Waals surface area contributed by atoms with Gasteiger partial charge in [-0.1, -0.05) is 18.2 Å². The minimum absolute atomic E-state index is 0.0491. The summed E-state index contributed by atoms with van der Waals surface area (Å²) >= 11 is 1.62. The molecule has 27 heavy (non-hydrogen) atoms. The van der Waals surface area contributed by atoms with Crippen LogP contribution in [0.3, 0.4) is 0 Å². The number of anilines is 1. The number of carbonyl (C=O) groups excluding carboxylic acids is 2. The molecule has 0 saturated carbocycles. The quantitative estimate of drug-likeness (QED) is 0.459. The standard InChI is InChI=1S/C19H18N4O3S/c24-17(12-26-19(25)11-16-7-9-21-23-16)22-15-5-3-4-14(10-15)13-27-18-6-1-2-8-20-18/h1-10H,11-13H2,(H,21,23)(H,22,24). The van der Waals surface area contributed by atoms with Gasteiger partial charge in [-0.3, -0.25) is 14.7 Å². The van der Waals surface area contributed by atoms with Crippen LogP contribution >= 0.6 is 11.8 Å². The molecule has 0 aliphatic heterocycles. The highest BCUT2D eigenvalue weighted by molar-refractivity contribution is 7.98.